The van der Waals surface area contributed by atoms with Gasteiger partial charge in [-0.2, -0.15) is 5.10 Å². The van der Waals surface area contributed by atoms with Crippen LogP contribution in [0.2, 0.25) is 0 Å². The highest BCUT2D eigenvalue weighted by molar-refractivity contribution is 5.85. The van der Waals surface area contributed by atoms with Crippen molar-refractivity contribution in [1.29, 1.82) is 0 Å². The van der Waals surface area contributed by atoms with Crippen LogP contribution in [0, 0.1) is 5.92 Å². The van der Waals surface area contributed by atoms with Crippen molar-refractivity contribution < 1.29 is 4.74 Å². The van der Waals surface area contributed by atoms with E-state index in [2.05, 4.69) is 45.2 Å². The van der Waals surface area contributed by atoms with Crippen LogP contribution in [0.15, 0.2) is 47.4 Å². The Hall–Kier alpha value is -1.89. The highest BCUT2D eigenvalue weighted by atomic mass is 35.5. The van der Waals surface area contributed by atoms with Gasteiger partial charge in [-0.15, -0.1) is 12.4 Å². The number of nitrogens with zero attached hydrogens (tertiary/aromatic N) is 4. The molecule has 0 radical (unpaired) electrons. The van der Waals surface area contributed by atoms with Crippen LogP contribution in [0.3, 0.4) is 0 Å². The summed E-state index contributed by atoms with van der Waals surface area (Å²) in [6.07, 6.45) is 3.99. The van der Waals surface area contributed by atoms with Gasteiger partial charge in [-0.25, -0.2) is 4.68 Å². The van der Waals surface area contributed by atoms with Crippen molar-refractivity contribution >= 4 is 18.1 Å². The lowest BCUT2D eigenvalue weighted by atomic mass is 9.96. The second-order valence-corrected chi connectivity index (χ2v) is 7.51. The number of halogens is 1. The number of benzene rings is 1. The number of morpholine rings is 1. The predicted molar refractivity (Wildman–Crippen MR) is 113 cm³/mol. The molecular formula is C21H29ClN4O2. The Morgan fingerprint density at radius 2 is 1.71 bits per heavy atom. The number of anilines is 1. The molecule has 0 N–H and O–H groups in total. The number of rotatable bonds is 5. The Labute approximate surface area is 172 Å². The summed E-state index contributed by atoms with van der Waals surface area (Å²) in [5, 5.41) is 4.35. The predicted octanol–water partition coefficient (Wildman–Crippen LogP) is 2.41. The van der Waals surface area contributed by atoms with Gasteiger partial charge in [-0.1, -0.05) is 30.3 Å². The third-order valence-corrected chi connectivity index (χ3v) is 5.63. The first kappa shape index (κ1) is 20.8. The number of ether oxygens (including phenoxy) is 1. The van der Waals surface area contributed by atoms with Crippen molar-refractivity contribution in [2.75, 3.05) is 44.3 Å². The second kappa shape index (κ2) is 10.0. The molecule has 2 fully saturated rings. The maximum atomic E-state index is 12.9. The van der Waals surface area contributed by atoms with Crippen LogP contribution in [-0.2, 0) is 17.8 Å². The van der Waals surface area contributed by atoms with E-state index in [1.54, 1.807) is 10.9 Å². The minimum Gasteiger partial charge on any atom is -0.378 e. The zero-order valence-electron chi connectivity index (χ0n) is 16.2. The van der Waals surface area contributed by atoms with E-state index in [9.17, 15) is 4.79 Å². The van der Waals surface area contributed by atoms with E-state index in [1.807, 2.05) is 6.07 Å². The van der Waals surface area contributed by atoms with E-state index in [1.165, 1.54) is 5.56 Å². The molecule has 1 aromatic carbocycles. The summed E-state index contributed by atoms with van der Waals surface area (Å²) in [6, 6.07) is 12.5. The van der Waals surface area contributed by atoms with Gasteiger partial charge in [-0.3, -0.25) is 9.69 Å². The summed E-state index contributed by atoms with van der Waals surface area (Å²) in [7, 11) is 0. The first-order valence-corrected chi connectivity index (χ1v) is 9.95. The summed E-state index contributed by atoms with van der Waals surface area (Å²) in [6.45, 7) is 6.81. The van der Waals surface area contributed by atoms with Gasteiger partial charge in [0, 0.05) is 32.4 Å². The first-order valence-electron chi connectivity index (χ1n) is 9.95. The van der Waals surface area contributed by atoms with Gasteiger partial charge in [0.25, 0.3) is 5.56 Å². The molecule has 2 aliphatic heterocycles. The number of hydrogen-bond acceptors (Lipinski definition) is 5. The monoisotopic (exact) mass is 404 g/mol. The zero-order valence-corrected chi connectivity index (χ0v) is 17.0. The molecule has 4 rings (SSSR count). The minimum atomic E-state index is 0. The van der Waals surface area contributed by atoms with Gasteiger partial charge in [-0.05, 0) is 43.5 Å². The van der Waals surface area contributed by atoms with E-state index in [0.717, 1.165) is 57.8 Å². The lowest BCUT2D eigenvalue weighted by Crippen LogP contribution is -2.41. The molecule has 3 heterocycles. The Morgan fingerprint density at radius 3 is 2.43 bits per heavy atom. The largest absolute Gasteiger partial charge is 0.378 e. The van der Waals surface area contributed by atoms with Crippen LogP contribution in [0.1, 0.15) is 18.4 Å². The maximum Gasteiger partial charge on any atom is 0.290 e. The van der Waals surface area contributed by atoms with E-state index >= 15 is 0 Å². The molecule has 2 aliphatic rings. The number of likely N-dealkylation sites (tertiary alicyclic amines) is 1. The second-order valence-electron chi connectivity index (χ2n) is 7.51. The lowest BCUT2D eigenvalue weighted by molar-refractivity contribution is 0.122. The quantitative estimate of drug-likeness (QED) is 0.766. The fraction of sp³-hybridized carbons (Fsp3) is 0.524. The van der Waals surface area contributed by atoms with E-state index < -0.39 is 0 Å². The van der Waals surface area contributed by atoms with Crippen molar-refractivity contribution in [3.05, 3.63) is 58.5 Å². The minimum absolute atomic E-state index is 0. The third kappa shape index (κ3) is 5.13. The van der Waals surface area contributed by atoms with Gasteiger partial charge >= 0.3 is 0 Å². The van der Waals surface area contributed by atoms with Gasteiger partial charge in [0.2, 0.25) is 0 Å². The van der Waals surface area contributed by atoms with Gasteiger partial charge in [0.15, 0.2) is 0 Å². The number of hydrogen-bond donors (Lipinski definition) is 0. The van der Waals surface area contributed by atoms with E-state index in [0.29, 0.717) is 19.1 Å². The molecule has 0 spiro atoms. The smallest absolute Gasteiger partial charge is 0.290 e. The molecule has 1 aromatic heterocycles. The Kier molecular flexibility index (Phi) is 7.48. The summed E-state index contributed by atoms with van der Waals surface area (Å²) in [5.74, 6) is 0.516. The molecule has 0 atom stereocenters. The molecule has 0 aliphatic carbocycles. The summed E-state index contributed by atoms with van der Waals surface area (Å²) >= 11 is 0. The molecule has 28 heavy (non-hydrogen) atoms. The van der Waals surface area contributed by atoms with Crippen LogP contribution >= 0.6 is 12.4 Å². The summed E-state index contributed by atoms with van der Waals surface area (Å²) < 4.78 is 7.06. The molecule has 0 unspecified atom stereocenters. The average Bonchev–Trinajstić information content (AvgIpc) is 2.72. The highest BCUT2D eigenvalue weighted by Crippen LogP contribution is 2.20. The summed E-state index contributed by atoms with van der Waals surface area (Å²) in [5.41, 5.74) is 2.16. The van der Waals surface area contributed by atoms with Crippen LogP contribution in [0.25, 0.3) is 0 Å². The standard InChI is InChI=1S/C21H28N4O2.ClH/c26-21-20(24-12-14-27-15-13-24)6-9-22-25(21)17-19-7-10-23(11-8-19)16-18-4-2-1-3-5-18;/h1-6,9,19H,7-8,10-17H2;1H. The maximum absolute atomic E-state index is 12.9. The third-order valence-electron chi connectivity index (χ3n) is 5.63. The highest BCUT2D eigenvalue weighted by Gasteiger charge is 2.22. The zero-order chi connectivity index (χ0) is 18.5. The van der Waals surface area contributed by atoms with Crippen LogP contribution in [0.4, 0.5) is 5.69 Å². The average molecular weight is 405 g/mol. The van der Waals surface area contributed by atoms with Gasteiger partial charge < -0.3 is 9.64 Å². The SMILES string of the molecule is Cl.O=c1c(N2CCOCC2)ccnn1CC1CCN(Cc2ccccc2)CC1. The normalized spacial score (nSPS) is 18.6. The van der Waals surface area contributed by atoms with Gasteiger partial charge in [0.1, 0.15) is 5.69 Å². The Morgan fingerprint density at radius 1 is 1.00 bits per heavy atom. The number of piperidine rings is 1. The molecule has 0 saturated carbocycles. The molecular weight excluding hydrogens is 376 g/mol. The first-order chi connectivity index (χ1) is 13.3. The molecule has 2 saturated heterocycles. The fourth-order valence-corrected chi connectivity index (χ4v) is 4.03. The topological polar surface area (TPSA) is 50.6 Å². The van der Waals surface area contributed by atoms with Crippen LogP contribution < -0.4 is 10.5 Å². The molecule has 0 amide bonds. The Bertz CT molecular complexity index is 784. The van der Waals surface area contributed by atoms with Gasteiger partial charge in [0.05, 0.1) is 13.2 Å². The molecule has 0 bridgehead atoms. The fourth-order valence-electron chi connectivity index (χ4n) is 4.03. The van der Waals surface area contributed by atoms with Crippen molar-refractivity contribution in [1.82, 2.24) is 14.7 Å². The van der Waals surface area contributed by atoms with E-state index in [4.69, 9.17) is 4.74 Å². The van der Waals surface area contributed by atoms with Crippen molar-refractivity contribution in [3.8, 4) is 0 Å². The Balaban J connectivity index is 0.00000225. The van der Waals surface area contributed by atoms with Crippen LogP contribution in [0.5, 0.6) is 0 Å². The summed E-state index contributed by atoms with van der Waals surface area (Å²) in [4.78, 5) is 17.5. The van der Waals surface area contributed by atoms with Crippen molar-refractivity contribution in [2.24, 2.45) is 5.92 Å². The van der Waals surface area contributed by atoms with Crippen molar-refractivity contribution in [2.45, 2.75) is 25.9 Å². The van der Waals surface area contributed by atoms with Crippen LogP contribution in [-0.4, -0.2) is 54.1 Å². The molecule has 7 heteroatoms. The number of aromatic nitrogens is 2. The van der Waals surface area contributed by atoms with Crippen molar-refractivity contribution in [3.63, 3.8) is 0 Å². The lowest BCUT2D eigenvalue weighted by Gasteiger charge is -2.32. The molecule has 2 aromatic rings. The molecule has 152 valence electrons. The van der Waals surface area contributed by atoms with E-state index in [-0.39, 0.29) is 18.0 Å². The molecule has 6 nitrogen and oxygen atoms in total.